The second-order valence-electron chi connectivity index (χ2n) is 14.1. The number of likely N-dealkylation sites (N-methyl/N-ethyl adjacent to an activating group) is 1. The van der Waals surface area contributed by atoms with Crippen LogP contribution >= 0.6 is 0 Å². The number of amides is 1. The van der Waals surface area contributed by atoms with Gasteiger partial charge in [0.1, 0.15) is 0 Å². The lowest BCUT2D eigenvalue weighted by Gasteiger charge is -2.37. The zero-order chi connectivity index (χ0) is 37.8. The van der Waals surface area contributed by atoms with Crippen molar-refractivity contribution in [3.63, 3.8) is 0 Å². The topological polar surface area (TPSA) is 140 Å². The van der Waals surface area contributed by atoms with E-state index < -0.39 is 23.5 Å². The average Bonchev–Trinajstić information content (AvgIpc) is 3.45. The van der Waals surface area contributed by atoms with Crippen LogP contribution in [0.1, 0.15) is 71.3 Å². The molecule has 0 saturated carbocycles. The summed E-state index contributed by atoms with van der Waals surface area (Å²) in [6.45, 7) is 13.8. The Balaban J connectivity index is 0.000000755. The van der Waals surface area contributed by atoms with Crippen LogP contribution in [0.3, 0.4) is 0 Å². The number of nitrogens with two attached hydrogens (primary N) is 1. The van der Waals surface area contributed by atoms with Gasteiger partial charge in [-0.3, -0.25) is 4.79 Å². The fraction of sp³-hybridized carbons (Fsp3) is 0.410. The number of nitrogens with one attached hydrogen (secondary N) is 1. The first-order valence-corrected chi connectivity index (χ1v) is 16.9. The standard InChI is InChI=1S/C37H46N4O3.C2HF3O2/c1-23-19-24(2)21-28(20-23)34-33(25(3)31(38)13-9-26-7-10-27(11-8-26)35(42)43)30-22-29(12-14-32(30)39-34)37(4,5)36(44)41-17-15-40(6)16-18-41;3-2(4,5)1(6)7/h7-8,10-12,14,19-22,25,31,39H,9,13,15-18,38H2,1-6H3,(H,42,43);(H,6,7). The molecule has 3 aromatic carbocycles. The number of aromatic nitrogens is 1. The Morgan fingerprint density at radius 1 is 0.902 bits per heavy atom. The van der Waals surface area contributed by atoms with Crippen LogP contribution < -0.4 is 5.73 Å². The minimum absolute atomic E-state index is 0.0181. The lowest BCUT2D eigenvalue weighted by Crippen LogP contribution is -2.52. The fourth-order valence-corrected chi connectivity index (χ4v) is 6.56. The van der Waals surface area contributed by atoms with Crippen LogP contribution in [0, 0.1) is 13.8 Å². The van der Waals surface area contributed by atoms with Crippen LogP contribution in [0.15, 0.2) is 60.7 Å². The van der Waals surface area contributed by atoms with Crippen LogP contribution in [0.5, 0.6) is 0 Å². The first kappa shape index (κ1) is 39.1. The van der Waals surface area contributed by atoms with Crippen LogP contribution in [0.25, 0.3) is 22.2 Å². The van der Waals surface area contributed by atoms with E-state index in [0.29, 0.717) is 0 Å². The minimum Gasteiger partial charge on any atom is -0.478 e. The molecule has 1 amide bonds. The van der Waals surface area contributed by atoms with Gasteiger partial charge in [-0.1, -0.05) is 42.3 Å². The lowest BCUT2D eigenvalue weighted by atomic mass is 9.81. The van der Waals surface area contributed by atoms with Gasteiger partial charge in [0.2, 0.25) is 5.91 Å². The summed E-state index contributed by atoms with van der Waals surface area (Å²) in [6.07, 6.45) is -3.58. The molecule has 0 bridgehead atoms. The SMILES string of the molecule is Cc1cc(C)cc(-c2[nH]c3ccc(C(C)(C)C(=O)N4CCN(C)CC4)cc3c2C(C)C(N)CCc2ccc(C(=O)O)cc2)c1.O=C(O)C(F)(F)F. The highest BCUT2D eigenvalue weighted by molar-refractivity contribution is 5.95. The largest absolute Gasteiger partial charge is 0.490 e. The maximum absolute atomic E-state index is 13.8. The number of benzene rings is 3. The molecule has 1 aromatic heterocycles. The van der Waals surface area contributed by atoms with Crippen molar-refractivity contribution in [3.8, 4) is 11.3 Å². The third kappa shape index (κ3) is 9.36. The molecule has 12 heteroatoms. The summed E-state index contributed by atoms with van der Waals surface area (Å²) < 4.78 is 31.7. The number of piperazine rings is 1. The van der Waals surface area contributed by atoms with Crippen molar-refractivity contribution in [1.82, 2.24) is 14.8 Å². The second-order valence-corrected chi connectivity index (χ2v) is 14.1. The van der Waals surface area contributed by atoms with E-state index in [1.54, 1.807) is 12.1 Å². The number of fused-ring (bicyclic) bond motifs is 1. The Morgan fingerprint density at radius 3 is 2.00 bits per heavy atom. The van der Waals surface area contributed by atoms with Crippen molar-refractivity contribution in [2.45, 2.75) is 71.0 Å². The number of aromatic amines is 1. The van der Waals surface area contributed by atoms with Crippen LogP contribution in [0.2, 0.25) is 0 Å². The quantitative estimate of drug-likeness (QED) is 0.148. The molecule has 1 aliphatic heterocycles. The number of nitrogens with zero attached hydrogens (tertiary/aromatic N) is 2. The zero-order valence-corrected chi connectivity index (χ0v) is 29.9. The lowest BCUT2D eigenvalue weighted by molar-refractivity contribution is -0.192. The summed E-state index contributed by atoms with van der Waals surface area (Å²) in [7, 11) is 2.10. The molecule has 0 radical (unpaired) electrons. The first-order chi connectivity index (χ1) is 23.8. The van der Waals surface area contributed by atoms with E-state index in [2.05, 4.69) is 74.1 Å². The molecule has 1 fully saturated rings. The van der Waals surface area contributed by atoms with E-state index in [4.69, 9.17) is 15.6 Å². The van der Waals surface area contributed by atoms with Gasteiger partial charge in [-0.2, -0.15) is 13.2 Å². The zero-order valence-electron chi connectivity index (χ0n) is 29.9. The van der Waals surface area contributed by atoms with Crippen molar-refractivity contribution in [2.75, 3.05) is 33.2 Å². The van der Waals surface area contributed by atoms with E-state index >= 15 is 0 Å². The predicted molar refractivity (Wildman–Crippen MR) is 192 cm³/mol. The highest BCUT2D eigenvalue weighted by Gasteiger charge is 2.38. The summed E-state index contributed by atoms with van der Waals surface area (Å²) in [4.78, 5) is 42.0. The van der Waals surface area contributed by atoms with Gasteiger partial charge < -0.3 is 30.7 Å². The van der Waals surface area contributed by atoms with Gasteiger partial charge in [0, 0.05) is 43.1 Å². The monoisotopic (exact) mass is 708 g/mol. The molecule has 0 spiro atoms. The van der Waals surface area contributed by atoms with Gasteiger partial charge in [-0.05, 0) is 112 Å². The molecule has 2 unspecified atom stereocenters. The molecule has 274 valence electrons. The number of aromatic carboxylic acids is 1. The second kappa shape index (κ2) is 15.7. The summed E-state index contributed by atoms with van der Waals surface area (Å²) >= 11 is 0. The number of H-pyrrole nitrogens is 1. The Kier molecular flexibility index (Phi) is 12.0. The number of rotatable bonds is 9. The molecule has 0 aliphatic carbocycles. The van der Waals surface area contributed by atoms with Gasteiger partial charge in [0.25, 0.3) is 0 Å². The molecular formula is C39H47F3N4O5. The van der Waals surface area contributed by atoms with E-state index in [1.807, 2.05) is 30.9 Å². The number of alkyl halides is 3. The third-order valence-electron chi connectivity index (χ3n) is 9.70. The Labute approximate surface area is 296 Å². The maximum atomic E-state index is 13.8. The number of halogens is 3. The predicted octanol–water partition coefficient (Wildman–Crippen LogP) is 6.90. The average molecular weight is 709 g/mol. The molecule has 2 atom stereocenters. The van der Waals surface area contributed by atoms with Crippen molar-refractivity contribution in [2.24, 2.45) is 5.73 Å². The van der Waals surface area contributed by atoms with Gasteiger partial charge in [0.15, 0.2) is 0 Å². The first-order valence-electron chi connectivity index (χ1n) is 16.9. The number of aliphatic carboxylic acids is 1. The van der Waals surface area contributed by atoms with Crippen LogP contribution in [-0.2, 0) is 21.4 Å². The molecule has 5 rings (SSSR count). The summed E-state index contributed by atoms with van der Waals surface area (Å²) in [6, 6.07) is 19.9. The number of hydrogen-bond acceptors (Lipinski definition) is 5. The van der Waals surface area contributed by atoms with Crippen molar-refractivity contribution < 1.29 is 37.8 Å². The van der Waals surface area contributed by atoms with Crippen molar-refractivity contribution in [3.05, 3.63) is 94.0 Å². The van der Waals surface area contributed by atoms with Crippen molar-refractivity contribution in [1.29, 1.82) is 0 Å². The number of hydrogen-bond donors (Lipinski definition) is 4. The summed E-state index contributed by atoms with van der Waals surface area (Å²) in [5.74, 6) is -3.50. The number of carboxylic acid groups (broad SMARTS) is 2. The molecule has 9 nitrogen and oxygen atoms in total. The highest BCUT2D eigenvalue weighted by atomic mass is 19.4. The number of carbonyl (C=O) groups excluding carboxylic acids is 1. The van der Waals surface area contributed by atoms with E-state index in [9.17, 15) is 27.9 Å². The van der Waals surface area contributed by atoms with Gasteiger partial charge in [-0.25, -0.2) is 9.59 Å². The van der Waals surface area contributed by atoms with E-state index in [1.165, 1.54) is 16.7 Å². The molecular weight excluding hydrogens is 661 g/mol. The number of carboxylic acids is 2. The Morgan fingerprint density at radius 2 is 1.47 bits per heavy atom. The van der Waals surface area contributed by atoms with Gasteiger partial charge in [-0.15, -0.1) is 0 Å². The van der Waals surface area contributed by atoms with E-state index in [0.717, 1.165) is 72.3 Å². The molecule has 4 aromatic rings. The van der Waals surface area contributed by atoms with E-state index in [-0.39, 0.29) is 23.4 Å². The smallest absolute Gasteiger partial charge is 0.478 e. The molecule has 1 aliphatic rings. The fourth-order valence-electron chi connectivity index (χ4n) is 6.56. The Hall–Kier alpha value is -4.68. The van der Waals surface area contributed by atoms with Crippen LogP contribution in [-0.4, -0.2) is 88.3 Å². The third-order valence-corrected chi connectivity index (χ3v) is 9.70. The molecule has 51 heavy (non-hydrogen) atoms. The van der Waals surface area contributed by atoms with Gasteiger partial charge in [0.05, 0.1) is 16.7 Å². The molecule has 5 N–H and O–H groups in total. The van der Waals surface area contributed by atoms with Crippen LogP contribution in [0.4, 0.5) is 13.2 Å². The summed E-state index contributed by atoms with van der Waals surface area (Å²) in [5, 5.41) is 17.5. The maximum Gasteiger partial charge on any atom is 0.490 e. The summed E-state index contributed by atoms with van der Waals surface area (Å²) in [5.41, 5.74) is 15.4. The Bertz CT molecular complexity index is 1860. The number of carbonyl (C=O) groups is 3. The van der Waals surface area contributed by atoms with Gasteiger partial charge >= 0.3 is 18.1 Å². The normalized spacial score (nSPS) is 15.2. The minimum atomic E-state index is -5.08. The van der Waals surface area contributed by atoms with Crippen molar-refractivity contribution >= 4 is 28.7 Å². The highest BCUT2D eigenvalue weighted by Crippen LogP contribution is 2.40. The molecule has 1 saturated heterocycles. The number of aryl methyl sites for hydroxylation is 3. The molecule has 2 heterocycles.